The van der Waals surface area contributed by atoms with Crippen LogP contribution in [0.4, 0.5) is 17.1 Å². The average molecular weight is 425 g/mol. The maximum Gasteiger partial charge on any atom is 0.257 e. The topological polar surface area (TPSA) is 59.6 Å². The number of rotatable bonds is 9. The summed E-state index contributed by atoms with van der Waals surface area (Å²) in [5.41, 5.74) is 2.87. The highest BCUT2D eigenvalue weighted by Crippen LogP contribution is 2.23. The van der Waals surface area contributed by atoms with Gasteiger partial charge in [0.2, 0.25) is 0 Å². The van der Waals surface area contributed by atoms with Crippen molar-refractivity contribution >= 4 is 23.0 Å². The van der Waals surface area contributed by atoms with Gasteiger partial charge in [-0.1, -0.05) is 54.6 Å². The lowest BCUT2D eigenvalue weighted by Crippen LogP contribution is -2.14. The van der Waals surface area contributed by atoms with Gasteiger partial charge in [-0.05, 0) is 48.5 Å². The molecule has 0 heterocycles. The molecular weight excluding hydrogens is 400 g/mol. The second kappa shape index (κ2) is 10.7. The fourth-order valence-corrected chi connectivity index (χ4v) is 3.16. The molecule has 5 nitrogen and oxygen atoms in total. The number of anilines is 3. The molecule has 0 fully saturated rings. The third-order valence-electron chi connectivity index (χ3n) is 4.68. The van der Waals surface area contributed by atoms with Gasteiger partial charge in [0.25, 0.3) is 5.91 Å². The Bertz CT molecular complexity index is 1150. The first-order chi connectivity index (χ1) is 15.8. The Kier molecular flexibility index (Phi) is 7.01. The minimum Gasteiger partial charge on any atom is -0.490 e. The molecule has 0 saturated carbocycles. The van der Waals surface area contributed by atoms with E-state index in [4.69, 9.17) is 9.47 Å². The zero-order chi connectivity index (χ0) is 22.0. The fourth-order valence-electron chi connectivity index (χ4n) is 3.16. The monoisotopic (exact) mass is 424 g/mol. The summed E-state index contributed by atoms with van der Waals surface area (Å²) in [6, 6.07) is 34.1. The van der Waals surface area contributed by atoms with Crippen LogP contribution in [0.25, 0.3) is 0 Å². The van der Waals surface area contributed by atoms with Gasteiger partial charge in [-0.25, -0.2) is 0 Å². The molecule has 5 heteroatoms. The lowest BCUT2D eigenvalue weighted by atomic mass is 10.1. The number of hydrogen-bond acceptors (Lipinski definition) is 4. The minimum atomic E-state index is -0.200. The van der Waals surface area contributed by atoms with Crippen molar-refractivity contribution in [3.8, 4) is 11.5 Å². The molecule has 160 valence electrons. The van der Waals surface area contributed by atoms with Crippen LogP contribution in [0, 0.1) is 0 Å². The Labute approximate surface area is 187 Å². The Morgan fingerprint density at radius 1 is 0.625 bits per heavy atom. The van der Waals surface area contributed by atoms with Crippen LogP contribution in [-0.2, 0) is 0 Å². The summed E-state index contributed by atoms with van der Waals surface area (Å²) < 4.78 is 11.4. The van der Waals surface area contributed by atoms with Gasteiger partial charge < -0.3 is 20.1 Å². The van der Waals surface area contributed by atoms with Crippen LogP contribution in [0.15, 0.2) is 109 Å². The summed E-state index contributed by atoms with van der Waals surface area (Å²) in [7, 11) is 0. The van der Waals surface area contributed by atoms with E-state index in [2.05, 4.69) is 10.6 Å². The van der Waals surface area contributed by atoms with Crippen LogP contribution >= 0.6 is 0 Å². The number of nitrogens with one attached hydrogen (secondary N) is 2. The van der Waals surface area contributed by atoms with E-state index in [0.717, 1.165) is 17.1 Å². The molecule has 0 bridgehead atoms. The molecule has 0 aliphatic heterocycles. The van der Waals surface area contributed by atoms with Gasteiger partial charge in [0, 0.05) is 17.4 Å². The molecule has 0 aliphatic carbocycles. The van der Waals surface area contributed by atoms with E-state index in [9.17, 15) is 4.79 Å². The second-order valence-electron chi connectivity index (χ2n) is 7.03. The second-order valence-corrected chi connectivity index (χ2v) is 7.03. The average Bonchev–Trinajstić information content (AvgIpc) is 2.84. The van der Waals surface area contributed by atoms with Crippen LogP contribution in [-0.4, -0.2) is 19.1 Å². The van der Waals surface area contributed by atoms with Crippen molar-refractivity contribution in [3.05, 3.63) is 115 Å². The SMILES string of the molecule is O=C(Nc1cccc(OCCOc2ccccc2)c1)c1ccccc1Nc1ccccc1. The van der Waals surface area contributed by atoms with Crippen LogP contribution in [0.2, 0.25) is 0 Å². The van der Waals surface area contributed by atoms with Crippen LogP contribution in [0.1, 0.15) is 10.4 Å². The normalized spacial score (nSPS) is 10.2. The molecule has 0 aromatic heterocycles. The van der Waals surface area contributed by atoms with E-state index in [-0.39, 0.29) is 5.91 Å². The molecule has 32 heavy (non-hydrogen) atoms. The molecule has 4 aromatic carbocycles. The predicted molar refractivity (Wildman–Crippen MR) is 128 cm³/mol. The smallest absolute Gasteiger partial charge is 0.257 e. The van der Waals surface area contributed by atoms with Gasteiger partial charge in [0.05, 0.1) is 11.3 Å². The Balaban J connectivity index is 1.36. The van der Waals surface area contributed by atoms with Crippen LogP contribution in [0.3, 0.4) is 0 Å². The molecule has 0 atom stereocenters. The molecule has 0 radical (unpaired) electrons. The van der Waals surface area contributed by atoms with E-state index in [0.29, 0.717) is 30.2 Å². The first-order valence-corrected chi connectivity index (χ1v) is 10.4. The third kappa shape index (κ3) is 5.89. The largest absolute Gasteiger partial charge is 0.490 e. The Morgan fingerprint density at radius 2 is 1.22 bits per heavy atom. The third-order valence-corrected chi connectivity index (χ3v) is 4.68. The van der Waals surface area contributed by atoms with Crippen molar-refractivity contribution in [2.75, 3.05) is 23.8 Å². The maximum absolute atomic E-state index is 12.9. The number of carbonyl (C=O) groups excluding carboxylic acids is 1. The first-order valence-electron chi connectivity index (χ1n) is 10.4. The highest BCUT2D eigenvalue weighted by molar-refractivity contribution is 6.08. The van der Waals surface area contributed by atoms with Gasteiger partial charge >= 0.3 is 0 Å². The molecule has 0 aliphatic rings. The van der Waals surface area contributed by atoms with Crippen LogP contribution in [0.5, 0.6) is 11.5 Å². The Morgan fingerprint density at radius 3 is 2.00 bits per heavy atom. The standard InChI is InChI=1S/C27H24N2O3/c30-27(25-16-7-8-17-26(25)28-21-10-3-1-4-11-21)29-22-12-9-15-24(20-22)32-19-18-31-23-13-5-2-6-14-23/h1-17,20,28H,18-19H2,(H,29,30). The van der Waals surface area contributed by atoms with Gasteiger partial charge in [0.15, 0.2) is 0 Å². The fraction of sp³-hybridized carbons (Fsp3) is 0.0741. The molecule has 2 N–H and O–H groups in total. The summed E-state index contributed by atoms with van der Waals surface area (Å²) in [6.45, 7) is 0.829. The molecule has 0 saturated heterocycles. The lowest BCUT2D eigenvalue weighted by Gasteiger charge is -2.13. The number of amides is 1. The summed E-state index contributed by atoms with van der Waals surface area (Å²) in [4.78, 5) is 12.9. The molecule has 4 rings (SSSR count). The number of benzene rings is 4. The quantitative estimate of drug-likeness (QED) is 0.317. The summed E-state index contributed by atoms with van der Waals surface area (Å²) >= 11 is 0. The number of hydrogen-bond donors (Lipinski definition) is 2. The van der Waals surface area contributed by atoms with Crippen molar-refractivity contribution in [3.63, 3.8) is 0 Å². The van der Waals surface area contributed by atoms with Crippen molar-refractivity contribution < 1.29 is 14.3 Å². The predicted octanol–water partition coefficient (Wildman–Crippen LogP) is 6.14. The van der Waals surface area contributed by atoms with Gasteiger partial charge in [-0.3, -0.25) is 4.79 Å². The first kappa shape index (κ1) is 21.0. The lowest BCUT2D eigenvalue weighted by molar-refractivity contribution is 0.102. The van der Waals surface area contributed by atoms with Crippen molar-refractivity contribution in [2.24, 2.45) is 0 Å². The number of ether oxygens (including phenoxy) is 2. The van der Waals surface area contributed by atoms with E-state index in [1.807, 2.05) is 97.1 Å². The number of carbonyl (C=O) groups is 1. The summed E-state index contributed by atoms with van der Waals surface area (Å²) in [5, 5.41) is 6.25. The highest BCUT2D eigenvalue weighted by atomic mass is 16.5. The summed E-state index contributed by atoms with van der Waals surface area (Å²) in [6.07, 6.45) is 0. The van der Waals surface area contributed by atoms with Crippen molar-refractivity contribution in [1.29, 1.82) is 0 Å². The van der Waals surface area contributed by atoms with E-state index >= 15 is 0 Å². The van der Waals surface area contributed by atoms with E-state index in [1.165, 1.54) is 0 Å². The van der Waals surface area contributed by atoms with Gasteiger partial charge in [0.1, 0.15) is 24.7 Å². The van der Waals surface area contributed by atoms with E-state index < -0.39 is 0 Å². The molecular formula is C27H24N2O3. The van der Waals surface area contributed by atoms with Crippen LogP contribution < -0.4 is 20.1 Å². The van der Waals surface area contributed by atoms with Gasteiger partial charge in [-0.15, -0.1) is 0 Å². The molecule has 4 aromatic rings. The minimum absolute atomic E-state index is 0.200. The zero-order valence-electron chi connectivity index (χ0n) is 17.5. The highest BCUT2D eigenvalue weighted by Gasteiger charge is 2.12. The van der Waals surface area contributed by atoms with E-state index in [1.54, 1.807) is 12.1 Å². The van der Waals surface area contributed by atoms with Gasteiger partial charge in [-0.2, -0.15) is 0 Å². The van der Waals surface area contributed by atoms with Crippen molar-refractivity contribution in [1.82, 2.24) is 0 Å². The van der Waals surface area contributed by atoms with Crippen molar-refractivity contribution in [2.45, 2.75) is 0 Å². The molecule has 1 amide bonds. The maximum atomic E-state index is 12.9. The molecule has 0 spiro atoms. The zero-order valence-corrected chi connectivity index (χ0v) is 17.5. The molecule has 0 unspecified atom stereocenters. The number of para-hydroxylation sites is 3. The summed E-state index contributed by atoms with van der Waals surface area (Å²) in [5.74, 6) is 1.27. The Hall–Kier alpha value is -4.25.